The van der Waals surface area contributed by atoms with Crippen molar-refractivity contribution >= 4 is 9.57 Å². The molecule has 1 rings (SSSR count). The molecule has 0 saturated carbocycles. The molecular formula is C7H5BrFeO2-2. The van der Waals surface area contributed by atoms with Crippen molar-refractivity contribution in [2.24, 2.45) is 0 Å². The predicted molar refractivity (Wildman–Crippen MR) is 33.0 cm³/mol. The van der Waals surface area contributed by atoms with Gasteiger partial charge in [0, 0.05) is 0 Å². The Hall–Kier alpha value is -0.361. The zero-order chi connectivity index (χ0) is 7.66. The summed E-state index contributed by atoms with van der Waals surface area (Å²) in [6.45, 7) is 0. The van der Waals surface area contributed by atoms with E-state index in [1.165, 1.54) is 9.57 Å². The van der Waals surface area contributed by atoms with E-state index in [1.54, 1.807) is 0 Å². The SMILES string of the molecule is O=[C]=[Fe]=[C]=O.[Br-].[C-]1=CC=CC1. The molecule has 0 aromatic heterocycles. The summed E-state index contributed by atoms with van der Waals surface area (Å²) >= 11 is -0.222. The molecule has 0 aromatic carbocycles. The average molecular weight is 257 g/mol. The van der Waals surface area contributed by atoms with E-state index in [1.807, 2.05) is 12.2 Å². The van der Waals surface area contributed by atoms with E-state index in [2.05, 4.69) is 12.2 Å². The summed E-state index contributed by atoms with van der Waals surface area (Å²) in [7, 11) is 0. The van der Waals surface area contributed by atoms with E-state index >= 15 is 0 Å². The summed E-state index contributed by atoms with van der Waals surface area (Å²) in [6, 6.07) is 0. The van der Waals surface area contributed by atoms with E-state index in [0.717, 1.165) is 6.42 Å². The Morgan fingerprint density at radius 2 is 2.00 bits per heavy atom. The maximum Gasteiger partial charge on any atom is -0.109 e. The molecule has 0 unspecified atom stereocenters. The summed E-state index contributed by atoms with van der Waals surface area (Å²) in [5, 5.41) is 0. The van der Waals surface area contributed by atoms with Gasteiger partial charge in [-0.15, -0.1) is 6.42 Å². The molecule has 0 spiro atoms. The van der Waals surface area contributed by atoms with Crippen molar-refractivity contribution in [2.45, 2.75) is 6.42 Å². The van der Waals surface area contributed by atoms with Crippen LogP contribution in [-0.2, 0) is 23.7 Å². The molecular weight excluding hydrogens is 252 g/mol. The van der Waals surface area contributed by atoms with Gasteiger partial charge in [-0.2, -0.15) is 6.08 Å². The van der Waals surface area contributed by atoms with E-state index in [0.29, 0.717) is 0 Å². The Labute approximate surface area is 81.0 Å². The Bertz CT molecular complexity index is 219. The van der Waals surface area contributed by atoms with Crippen molar-refractivity contribution in [3.63, 3.8) is 0 Å². The Morgan fingerprint density at radius 3 is 2.09 bits per heavy atom. The molecule has 0 aromatic rings. The third-order valence-corrected chi connectivity index (χ3v) is 0.883. The monoisotopic (exact) mass is 256 g/mol. The van der Waals surface area contributed by atoms with E-state index in [-0.39, 0.29) is 31.1 Å². The molecule has 0 amide bonds. The van der Waals surface area contributed by atoms with Crippen LogP contribution in [0.5, 0.6) is 0 Å². The second-order valence-corrected chi connectivity index (χ2v) is 1.96. The third-order valence-electron chi connectivity index (χ3n) is 0.658. The molecule has 0 bridgehead atoms. The predicted octanol–water partition coefficient (Wildman–Crippen LogP) is -2.49. The van der Waals surface area contributed by atoms with Gasteiger partial charge in [0.05, 0.1) is 0 Å². The van der Waals surface area contributed by atoms with Crippen molar-refractivity contribution in [2.75, 3.05) is 0 Å². The van der Waals surface area contributed by atoms with Crippen LogP contribution in [0, 0.1) is 6.08 Å². The van der Waals surface area contributed by atoms with Crippen LogP contribution in [0.1, 0.15) is 6.42 Å². The number of halogens is 1. The Morgan fingerprint density at radius 1 is 1.36 bits per heavy atom. The number of hydrogen-bond acceptors (Lipinski definition) is 2. The number of allylic oxidation sites excluding steroid dienone is 4. The van der Waals surface area contributed by atoms with Crippen molar-refractivity contribution in [1.29, 1.82) is 0 Å². The van der Waals surface area contributed by atoms with Crippen molar-refractivity contribution < 1.29 is 40.7 Å². The maximum absolute atomic E-state index is 9.02. The minimum absolute atomic E-state index is 0. The Balaban J connectivity index is 0. The maximum atomic E-state index is 9.02. The molecule has 0 aliphatic heterocycles. The topological polar surface area (TPSA) is 34.1 Å². The number of carbonyl (C=O) groups excluding carboxylic acids is 2. The minimum Gasteiger partial charge on any atom is -1.00 e. The van der Waals surface area contributed by atoms with Crippen LogP contribution in [-0.4, -0.2) is 9.57 Å². The van der Waals surface area contributed by atoms with Crippen LogP contribution < -0.4 is 17.0 Å². The van der Waals surface area contributed by atoms with Gasteiger partial charge in [-0.3, -0.25) is 6.08 Å². The first kappa shape index (κ1) is 13.2. The van der Waals surface area contributed by atoms with Crippen LogP contribution in [0.2, 0.25) is 0 Å². The van der Waals surface area contributed by atoms with Gasteiger partial charge in [0.25, 0.3) is 0 Å². The van der Waals surface area contributed by atoms with Gasteiger partial charge in [0.15, 0.2) is 0 Å². The fraction of sp³-hybridized carbons (Fsp3) is 0.143. The van der Waals surface area contributed by atoms with Gasteiger partial charge in [0.2, 0.25) is 0 Å². The molecule has 62 valence electrons. The molecule has 0 fully saturated rings. The van der Waals surface area contributed by atoms with Gasteiger partial charge < -0.3 is 17.0 Å². The second kappa shape index (κ2) is 12.3. The van der Waals surface area contributed by atoms with Crippen LogP contribution in [0.25, 0.3) is 0 Å². The molecule has 1 aliphatic rings. The van der Waals surface area contributed by atoms with Gasteiger partial charge in [0.1, 0.15) is 0 Å². The van der Waals surface area contributed by atoms with Gasteiger partial charge >= 0.3 is 33.2 Å². The fourth-order valence-electron chi connectivity index (χ4n) is 0.355. The Kier molecular flexibility index (Phi) is 14.8. The van der Waals surface area contributed by atoms with Gasteiger partial charge in [-0.05, 0) is 0 Å². The molecule has 0 radical (unpaired) electrons. The standard InChI is InChI=1S/C5H5.2CO.BrH.Fe/c1-2-4-5-3-1;2*1-2;;/h1-3H,4H2;;;1H;/q-1;;;;/p-1. The zero-order valence-corrected chi connectivity index (χ0v) is 8.18. The number of rotatable bonds is 0. The molecule has 2 nitrogen and oxygen atoms in total. The van der Waals surface area contributed by atoms with Crippen molar-refractivity contribution in [3.05, 3.63) is 24.3 Å². The molecule has 1 aliphatic carbocycles. The second-order valence-electron chi connectivity index (χ2n) is 1.24. The first-order chi connectivity index (χ1) is 4.91. The molecule has 4 heteroatoms. The third kappa shape index (κ3) is 12.8. The van der Waals surface area contributed by atoms with E-state index in [4.69, 9.17) is 9.59 Å². The molecule has 0 atom stereocenters. The van der Waals surface area contributed by atoms with Crippen LogP contribution in [0.4, 0.5) is 0 Å². The summed E-state index contributed by atoms with van der Waals surface area (Å²) in [4.78, 5) is 20.7. The normalized spacial score (nSPS) is 10.2. The first-order valence-electron chi connectivity index (χ1n) is 2.48. The average Bonchev–Trinajstić information content (AvgIpc) is 2.44. The smallest absolute Gasteiger partial charge is 0.109 e. The van der Waals surface area contributed by atoms with E-state index < -0.39 is 0 Å². The van der Waals surface area contributed by atoms with Crippen molar-refractivity contribution in [3.8, 4) is 0 Å². The fourth-order valence-corrected chi connectivity index (χ4v) is 0.401. The molecule has 0 heterocycles. The molecule has 0 saturated heterocycles. The summed E-state index contributed by atoms with van der Waals surface area (Å²) in [5.74, 6) is 0. The quantitative estimate of drug-likeness (QED) is 0.355. The van der Waals surface area contributed by atoms with Crippen LogP contribution in [0.3, 0.4) is 0 Å². The van der Waals surface area contributed by atoms with E-state index in [9.17, 15) is 0 Å². The van der Waals surface area contributed by atoms with Gasteiger partial charge in [-0.25, -0.2) is 12.2 Å². The molecule has 11 heavy (non-hydrogen) atoms. The van der Waals surface area contributed by atoms with Crippen LogP contribution >= 0.6 is 0 Å². The summed E-state index contributed by atoms with van der Waals surface area (Å²) in [6.07, 6.45) is 10.0. The summed E-state index contributed by atoms with van der Waals surface area (Å²) < 4.78 is 0. The number of hydrogen-bond donors (Lipinski definition) is 0. The van der Waals surface area contributed by atoms with Gasteiger partial charge in [-0.1, -0.05) is 0 Å². The largest absolute Gasteiger partial charge is 1.00 e. The summed E-state index contributed by atoms with van der Waals surface area (Å²) in [5.41, 5.74) is 0. The molecule has 0 N–H and O–H groups in total. The minimum atomic E-state index is -0.222. The first-order valence-corrected chi connectivity index (χ1v) is 3.58. The zero-order valence-electron chi connectivity index (χ0n) is 5.49. The van der Waals surface area contributed by atoms with Crippen LogP contribution in [0.15, 0.2) is 18.2 Å². The van der Waals surface area contributed by atoms with Crippen molar-refractivity contribution in [1.82, 2.24) is 0 Å².